The van der Waals surface area contributed by atoms with E-state index in [1.165, 1.54) is 25.4 Å². The first-order valence-corrected chi connectivity index (χ1v) is 4.72. The molecule has 2 rings (SSSR count). The van der Waals surface area contributed by atoms with Gasteiger partial charge in [-0.2, -0.15) is 5.26 Å². The van der Waals surface area contributed by atoms with Gasteiger partial charge in [-0.1, -0.05) is 0 Å². The van der Waals surface area contributed by atoms with E-state index in [2.05, 4.69) is 16.2 Å². The first-order valence-electron chi connectivity index (χ1n) is 4.72. The van der Waals surface area contributed by atoms with Crippen LogP contribution in [0.2, 0.25) is 0 Å². The first kappa shape index (κ1) is 11.0. The number of hydrogen-bond donors (Lipinski definition) is 0. The van der Waals surface area contributed by atoms with Gasteiger partial charge in [0.2, 0.25) is 5.88 Å². The van der Waals surface area contributed by atoms with Crippen LogP contribution in [-0.4, -0.2) is 17.1 Å². The Morgan fingerprint density at radius 3 is 2.82 bits per heavy atom. The zero-order chi connectivity index (χ0) is 12.3. The van der Waals surface area contributed by atoms with Crippen LogP contribution in [-0.2, 0) is 0 Å². The Morgan fingerprint density at radius 2 is 2.24 bits per heavy atom. The lowest BCUT2D eigenvalue weighted by Gasteiger charge is -2.02. The predicted octanol–water partition coefficient (Wildman–Crippen LogP) is 1.96. The third-order valence-electron chi connectivity index (χ3n) is 2.09. The highest BCUT2D eigenvalue weighted by molar-refractivity contribution is 5.60. The molecule has 5 heteroatoms. The number of methoxy groups -OCH3 is 1. The minimum absolute atomic E-state index is 0.228. The molecule has 0 spiro atoms. The molecule has 0 saturated carbocycles. The molecular weight excluding hydrogens is 221 g/mol. The van der Waals surface area contributed by atoms with Crippen molar-refractivity contribution in [3.05, 3.63) is 42.0 Å². The summed E-state index contributed by atoms with van der Waals surface area (Å²) in [4.78, 5) is 7.86. The molecule has 0 saturated heterocycles. The van der Waals surface area contributed by atoms with Crippen molar-refractivity contribution < 1.29 is 9.13 Å². The Hall–Kier alpha value is -2.48. The average molecular weight is 228 g/mol. The summed E-state index contributed by atoms with van der Waals surface area (Å²) in [7, 11) is 1.47. The fourth-order valence-electron chi connectivity index (χ4n) is 1.31. The lowest BCUT2D eigenvalue weighted by Crippen LogP contribution is -1.92. The second-order valence-electron chi connectivity index (χ2n) is 3.21. The van der Waals surface area contributed by atoms with E-state index < -0.39 is 5.82 Å². The van der Waals surface area contributed by atoms with Gasteiger partial charge in [-0.3, -0.25) is 0 Å². The Labute approximate surface area is 97.3 Å². The molecule has 1 radical (unpaired) electrons. The molecule has 2 aromatic rings. The number of halogens is 1. The molecule has 83 valence electrons. The Kier molecular flexibility index (Phi) is 2.97. The van der Waals surface area contributed by atoms with Crippen molar-refractivity contribution in [1.29, 1.82) is 5.26 Å². The Bertz CT molecular complexity index is 575. The number of aromatic nitrogens is 2. The van der Waals surface area contributed by atoms with Crippen molar-refractivity contribution in [1.82, 2.24) is 9.97 Å². The van der Waals surface area contributed by atoms with Crippen LogP contribution in [0.25, 0.3) is 11.3 Å². The number of rotatable bonds is 2. The predicted molar refractivity (Wildman–Crippen MR) is 57.5 cm³/mol. The molecule has 0 atom stereocenters. The highest BCUT2D eigenvalue weighted by Crippen LogP contribution is 2.19. The molecule has 0 unspecified atom stereocenters. The maximum atomic E-state index is 13.2. The third-order valence-corrected chi connectivity index (χ3v) is 2.09. The van der Waals surface area contributed by atoms with Crippen LogP contribution in [0.5, 0.6) is 5.88 Å². The third kappa shape index (κ3) is 2.37. The van der Waals surface area contributed by atoms with E-state index in [0.717, 1.165) is 6.07 Å². The fraction of sp³-hybridized carbons (Fsp3) is 0.0833. The summed E-state index contributed by atoms with van der Waals surface area (Å²) in [6.45, 7) is 0. The molecule has 0 aliphatic rings. The number of nitriles is 1. The monoisotopic (exact) mass is 228 g/mol. The minimum Gasteiger partial charge on any atom is -0.480 e. The largest absolute Gasteiger partial charge is 0.480 e. The van der Waals surface area contributed by atoms with Crippen LogP contribution in [0.3, 0.4) is 0 Å². The molecule has 1 aromatic heterocycles. The quantitative estimate of drug-likeness (QED) is 0.788. The topological polar surface area (TPSA) is 58.8 Å². The lowest BCUT2D eigenvalue weighted by atomic mass is 10.1. The van der Waals surface area contributed by atoms with Crippen molar-refractivity contribution >= 4 is 0 Å². The van der Waals surface area contributed by atoms with Crippen molar-refractivity contribution in [3.63, 3.8) is 0 Å². The Balaban J connectivity index is 2.45. The summed E-state index contributed by atoms with van der Waals surface area (Å²) in [5.74, 6) is -0.171. The van der Waals surface area contributed by atoms with Crippen LogP contribution in [0, 0.1) is 23.3 Å². The van der Waals surface area contributed by atoms with Gasteiger partial charge in [0.15, 0.2) is 0 Å². The second-order valence-corrected chi connectivity index (χ2v) is 3.21. The Morgan fingerprint density at radius 1 is 1.41 bits per heavy atom. The normalized spacial score (nSPS) is 9.71. The molecule has 0 aliphatic carbocycles. The molecule has 1 heterocycles. The fourth-order valence-corrected chi connectivity index (χ4v) is 1.31. The maximum Gasteiger partial charge on any atom is 0.232 e. The first-order chi connectivity index (χ1) is 8.22. The highest BCUT2D eigenvalue weighted by atomic mass is 19.1. The zero-order valence-corrected chi connectivity index (χ0v) is 8.94. The van der Waals surface area contributed by atoms with Gasteiger partial charge in [-0.15, -0.1) is 0 Å². The van der Waals surface area contributed by atoms with Gasteiger partial charge < -0.3 is 4.74 Å². The highest BCUT2D eigenvalue weighted by Gasteiger charge is 2.05. The summed E-state index contributed by atoms with van der Waals surface area (Å²) in [5, 5.41) is 8.73. The molecule has 0 aliphatic heterocycles. The average Bonchev–Trinajstić information content (AvgIpc) is 2.38. The van der Waals surface area contributed by atoms with E-state index in [1.54, 1.807) is 0 Å². The van der Waals surface area contributed by atoms with Crippen molar-refractivity contribution in [2.45, 2.75) is 0 Å². The van der Waals surface area contributed by atoms with E-state index in [9.17, 15) is 4.39 Å². The van der Waals surface area contributed by atoms with Crippen LogP contribution < -0.4 is 4.74 Å². The van der Waals surface area contributed by atoms with Gasteiger partial charge in [-0.05, 0) is 18.2 Å². The van der Waals surface area contributed by atoms with Crippen molar-refractivity contribution in [2.24, 2.45) is 0 Å². The number of ether oxygens (including phenoxy) is 1. The second kappa shape index (κ2) is 4.58. The summed E-state index contributed by atoms with van der Waals surface area (Å²) in [6, 6.07) is 5.82. The van der Waals surface area contributed by atoms with Gasteiger partial charge in [-0.25, -0.2) is 14.4 Å². The summed E-state index contributed by atoms with van der Waals surface area (Å²) >= 11 is 0. The molecular formula is C12H7FN3O. The number of benzene rings is 1. The van der Waals surface area contributed by atoms with E-state index in [-0.39, 0.29) is 5.56 Å². The van der Waals surface area contributed by atoms with Crippen LogP contribution in [0.1, 0.15) is 5.56 Å². The van der Waals surface area contributed by atoms with Gasteiger partial charge in [0, 0.05) is 5.56 Å². The van der Waals surface area contributed by atoms with Gasteiger partial charge in [0.1, 0.15) is 12.0 Å². The minimum atomic E-state index is -0.495. The molecule has 0 bridgehead atoms. The van der Waals surface area contributed by atoms with Gasteiger partial charge >= 0.3 is 0 Å². The summed E-state index contributed by atoms with van der Waals surface area (Å²) < 4.78 is 18.1. The van der Waals surface area contributed by atoms with E-state index in [4.69, 9.17) is 10.00 Å². The SMILES string of the molecule is COc1cnc(-c2cc(F)cc(C#N)c2)[c]n1. The molecule has 1 aromatic carbocycles. The smallest absolute Gasteiger partial charge is 0.232 e. The van der Waals surface area contributed by atoms with E-state index >= 15 is 0 Å². The van der Waals surface area contributed by atoms with E-state index in [1.807, 2.05) is 6.07 Å². The van der Waals surface area contributed by atoms with Crippen LogP contribution >= 0.6 is 0 Å². The summed E-state index contributed by atoms with van der Waals surface area (Å²) in [6.07, 6.45) is 4.03. The molecule has 17 heavy (non-hydrogen) atoms. The van der Waals surface area contributed by atoms with E-state index in [0.29, 0.717) is 17.1 Å². The lowest BCUT2D eigenvalue weighted by molar-refractivity contribution is 0.395. The van der Waals surface area contributed by atoms with Gasteiger partial charge in [0.05, 0.1) is 30.6 Å². The number of nitrogens with zero attached hydrogens (tertiary/aromatic N) is 3. The van der Waals surface area contributed by atoms with Gasteiger partial charge in [0.25, 0.3) is 0 Å². The van der Waals surface area contributed by atoms with Crippen molar-refractivity contribution in [2.75, 3.05) is 7.11 Å². The number of hydrogen-bond acceptors (Lipinski definition) is 4. The standard InChI is InChI=1S/C12H7FN3O/c1-17-12-7-15-11(6-16-12)9-2-8(5-14)3-10(13)4-9/h2-4,7H,1H3. The molecule has 0 amide bonds. The molecule has 0 N–H and O–H groups in total. The van der Waals surface area contributed by atoms with Crippen molar-refractivity contribution in [3.8, 4) is 23.2 Å². The summed E-state index contributed by atoms with van der Waals surface area (Å²) in [5.41, 5.74) is 1.05. The maximum absolute atomic E-state index is 13.2. The van der Waals surface area contributed by atoms with Crippen LogP contribution in [0.15, 0.2) is 24.4 Å². The van der Waals surface area contributed by atoms with Crippen LogP contribution in [0.4, 0.5) is 4.39 Å². The zero-order valence-electron chi connectivity index (χ0n) is 8.94. The molecule has 0 fully saturated rings. The molecule has 4 nitrogen and oxygen atoms in total.